The van der Waals surface area contributed by atoms with Crippen LogP contribution in [0.5, 0.6) is 5.75 Å². The van der Waals surface area contributed by atoms with E-state index in [0.717, 1.165) is 12.2 Å². The summed E-state index contributed by atoms with van der Waals surface area (Å²) in [5.41, 5.74) is 2.42. The van der Waals surface area contributed by atoms with Gasteiger partial charge in [0.1, 0.15) is 5.75 Å². The fourth-order valence-corrected chi connectivity index (χ4v) is 1.54. The van der Waals surface area contributed by atoms with Gasteiger partial charge in [-0.15, -0.1) is 0 Å². The largest absolute Gasteiger partial charge is 0.497 e. The zero-order valence-corrected chi connectivity index (χ0v) is 6.87. The summed E-state index contributed by atoms with van der Waals surface area (Å²) in [7, 11) is 1.65. The molecule has 0 bridgehead atoms. The van der Waals surface area contributed by atoms with Crippen LogP contribution in [0.2, 0.25) is 0 Å². The molecule has 12 heavy (non-hydrogen) atoms. The van der Waals surface area contributed by atoms with E-state index in [1.54, 1.807) is 7.11 Å². The first-order valence-corrected chi connectivity index (χ1v) is 3.91. The number of methoxy groups -OCH3 is 1. The number of fused-ring (bicyclic) bond motifs is 1. The third kappa shape index (κ3) is 0.868. The average molecular weight is 159 g/mol. The highest BCUT2D eigenvalue weighted by Crippen LogP contribution is 2.36. The van der Waals surface area contributed by atoms with Crippen LogP contribution in [-0.4, -0.2) is 7.11 Å². The molecule has 1 aromatic rings. The van der Waals surface area contributed by atoms with Crippen molar-refractivity contribution in [3.05, 3.63) is 29.3 Å². The lowest BCUT2D eigenvalue weighted by Crippen LogP contribution is -2.14. The Hall–Kier alpha value is -1.49. The maximum atomic E-state index is 8.68. The molecule has 0 saturated heterocycles. The molecule has 0 spiro atoms. The summed E-state index contributed by atoms with van der Waals surface area (Å²) >= 11 is 0. The zero-order chi connectivity index (χ0) is 8.55. The lowest BCUT2D eigenvalue weighted by molar-refractivity contribution is 0.413. The summed E-state index contributed by atoms with van der Waals surface area (Å²) in [6.45, 7) is 0. The second-order valence-electron chi connectivity index (χ2n) is 2.95. The van der Waals surface area contributed by atoms with Crippen molar-refractivity contribution in [2.45, 2.75) is 12.3 Å². The fraction of sp³-hybridized carbons (Fsp3) is 0.300. The Balaban J connectivity index is 2.36. The molecule has 2 nitrogen and oxygen atoms in total. The van der Waals surface area contributed by atoms with E-state index in [9.17, 15) is 0 Å². The summed E-state index contributed by atoms with van der Waals surface area (Å²) in [4.78, 5) is 0. The first-order chi connectivity index (χ1) is 5.85. The Morgan fingerprint density at radius 2 is 2.42 bits per heavy atom. The molecule has 0 aromatic heterocycles. The number of nitrogens with zero attached hydrogens (tertiary/aromatic N) is 1. The van der Waals surface area contributed by atoms with E-state index in [0.29, 0.717) is 0 Å². The van der Waals surface area contributed by atoms with Crippen LogP contribution in [0.4, 0.5) is 0 Å². The SMILES string of the molecule is COc1ccc2c(c1)C[C@@H]2C#N. The second-order valence-corrected chi connectivity index (χ2v) is 2.95. The van der Waals surface area contributed by atoms with Crippen LogP contribution < -0.4 is 4.74 Å². The minimum absolute atomic E-state index is 0.117. The summed E-state index contributed by atoms with van der Waals surface area (Å²) in [5, 5.41) is 8.68. The highest BCUT2D eigenvalue weighted by atomic mass is 16.5. The van der Waals surface area contributed by atoms with E-state index in [1.807, 2.05) is 18.2 Å². The van der Waals surface area contributed by atoms with E-state index in [1.165, 1.54) is 11.1 Å². The Morgan fingerprint density at radius 3 is 3.00 bits per heavy atom. The quantitative estimate of drug-likeness (QED) is 0.626. The molecule has 0 aliphatic heterocycles. The zero-order valence-electron chi connectivity index (χ0n) is 6.87. The van der Waals surface area contributed by atoms with Gasteiger partial charge in [-0.25, -0.2) is 0 Å². The third-order valence-corrected chi connectivity index (χ3v) is 2.31. The standard InChI is InChI=1S/C10H9NO/c1-12-9-2-3-10-7(5-9)4-8(10)6-11/h2-3,5,8H,4H2,1H3/t8-/m1/s1. The molecule has 0 saturated carbocycles. The van der Waals surface area contributed by atoms with Gasteiger partial charge in [0.2, 0.25) is 0 Å². The van der Waals surface area contributed by atoms with Gasteiger partial charge in [0, 0.05) is 0 Å². The van der Waals surface area contributed by atoms with Gasteiger partial charge >= 0.3 is 0 Å². The number of ether oxygens (including phenoxy) is 1. The molecule has 1 aromatic carbocycles. The Bertz CT molecular complexity index is 351. The first-order valence-electron chi connectivity index (χ1n) is 3.91. The molecule has 0 radical (unpaired) electrons. The van der Waals surface area contributed by atoms with Gasteiger partial charge in [-0.3, -0.25) is 0 Å². The fourth-order valence-electron chi connectivity index (χ4n) is 1.54. The van der Waals surface area contributed by atoms with Crippen LogP contribution in [0.1, 0.15) is 17.0 Å². The Morgan fingerprint density at radius 1 is 1.58 bits per heavy atom. The molecule has 0 unspecified atom stereocenters. The molecule has 1 aliphatic carbocycles. The van der Waals surface area contributed by atoms with Gasteiger partial charge in [-0.2, -0.15) is 5.26 Å². The third-order valence-electron chi connectivity index (χ3n) is 2.31. The van der Waals surface area contributed by atoms with E-state index in [-0.39, 0.29) is 5.92 Å². The number of hydrogen-bond acceptors (Lipinski definition) is 2. The van der Waals surface area contributed by atoms with Gasteiger partial charge in [0.25, 0.3) is 0 Å². The lowest BCUT2D eigenvalue weighted by atomic mass is 9.78. The van der Waals surface area contributed by atoms with Crippen molar-refractivity contribution in [2.75, 3.05) is 7.11 Å². The van der Waals surface area contributed by atoms with E-state index >= 15 is 0 Å². The van der Waals surface area contributed by atoms with Gasteiger partial charge < -0.3 is 4.74 Å². The topological polar surface area (TPSA) is 33.0 Å². The van der Waals surface area contributed by atoms with E-state index < -0.39 is 0 Å². The average Bonchev–Trinajstić information content (AvgIpc) is 2.07. The van der Waals surface area contributed by atoms with Crippen LogP contribution >= 0.6 is 0 Å². The summed E-state index contributed by atoms with van der Waals surface area (Å²) in [5.74, 6) is 0.996. The minimum Gasteiger partial charge on any atom is -0.497 e. The van der Waals surface area contributed by atoms with Crippen LogP contribution in [0, 0.1) is 11.3 Å². The molecule has 60 valence electrons. The number of rotatable bonds is 1. The summed E-state index contributed by atoms with van der Waals surface area (Å²) in [6.07, 6.45) is 0.878. The van der Waals surface area contributed by atoms with Crippen molar-refractivity contribution in [3.63, 3.8) is 0 Å². The molecule has 0 fully saturated rings. The predicted molar refractivity (Wildman–Crippen MR) is 45.1 cm³/mol. The van der Waals surface area contributed by atoms with Gasteiger partial charge in [-0.1, -0.05) is 6.07 Å². The van der Waals surface area contributed by atoms with Crippen LogP contribution in [-0.2, 0) is 6.42 Å². The van der Waals surface area contributed by atoms with E-state index in [2.05, 4.69) is 6.07 Å². The first kappa shape index (κ1) is 7.17. The van der Waals surface area contributed by atoms with Crippen LogP contribution in [0.25, 0.3) is 0 Å². The maximum Gasteiger partial charge on any atom is 0.119 e. The molecule has 0 amide bonds. The van der Waals surface area contributed by atoms with Crippen LogP contribution in [0.15, 0.2) is 18.2 Å². The molecule has 2 heteroatoms. The molecule has 0 N–H and O–H groups in total. The Kier molecular flexibility index (Phi) is 1.51. The highest BCUT2D eigenvalue weighted by molar-refractivity contribution is 5.47. The van der Waals surface area contributed by atoms with Crippen molar-refractivity contribution in [1.82, 2.24) is 0 Å². The van der Waals surface area contributed by atoms with Gasteiger partial charge in [0.15, 0.2) is 0 Å². The molecular weight excluding hydrogens is 150 g/mol. The van der Waals surface area contributed by atoms with Crippen molar-refractivity contribution in [1.29, 1.82) is 5.26 Å². The highest BCUT2D eigenvalue weighted by Gasteiger charge is 2.25. The van der Waals surface area contributed by atoms with Crippen LogP contribution in [0.3, 0.4) is 0 Å². The predicted octanol–water partition coefficient (Wildman–Crippen LogP) is 1.86. The lowest BCUT2D eigenvalue weighted by Gasteiger charge is -2.24. The van der Waals surface area contributed by atoms with Gasteiger partial charge in [0.05, 0.1) is 19.1 Å². The normalized spacial score (nSPS) is 18.8. The van der Waals surface area contributed by atoms with E-state index in [4.69, 9.17) is 10.00 Å². The van der Waals surface area contributed by atoms with Crippen molar-refractivity contribution < 1.29 is 4.74 Å². The van der Waals surface area contributed by atoms with Crippen molar-refractivity contribution in [3.8, 4) is 11.8 Å². The number of nitriles is 1. The van der Waals surface area contributed by atoms with Gasteiger partial charge in [-0.05, 0) is 29.7 Å². The monoisotopic (exact) mass is 159 g/mol. The smallest absolute Gasteiger partial charge is 0.119 e. The Labute approximate surface area is 71.4 Å². The summed E-state index contributed by atoms with van der Waals surface area (Å²) in [6, 6.07) is 8.14. The summed E-state index contributed by atoms with van der Waals surface area (Å²) < 4.78 is 5.07. The second kappa shape index (κ2) is 2.53. The molecule has 0 heterocycles. The molecule has 2 rings (SSSR count). The van der Waals surface area contributed by atoms with Crippen molar-refractivity contribution >= 4 is 0 Å². The van der Waals surface area contributed by atoms with Crippen molar-refractivity contribution in [2.24, 2.45) is 0 Å². The number of benzene rings is 1. The molecule has 1 atom stereocenters. The number of hydrogen-bond donors (Lipinski definition) is 0. The molecular formula is C10H9NO. The minimum atomic E-state index is 0.117. The maximum absolute atomic E-state index is 8.68. The molecule has 1 aliphatic rings.